The van der Waals surface area contributed by atoms with Crippen LogP contribution in [0.25, 0.3) is 10.9 Å². The lowest BCUT2D eigenvalue weighted by Crippen LogP contribution is -2.42. The molecule has 2 aromatic carbocycles. The number of phenols is 1. The number of fused-ring (bicyclic) bond motifs is 1. The number of rotatable bonds is 16. The first-order valence-corrected chi connectivity index (χ1v) is 19.7. The van der Waals surface area contributed by atoms with E-state index in [1.807, 2.05) is 22.9 Å². The standard InChI is InChI=1S/C39H44ClN3O8S2.FH/c1-43(25-8-10-26(11-9-25)51-38(47)39(48,34-6-3-18-52-34)35-7-4-19-53-35)16-5-17-50-33-21-32(49-2)24(20-29(33)40)22-41-23-31(45)27-12-14-30(44)37-28(27)13-15-36(46)42-37;/h3-4,6-7,12-15,18-21,25-26,31,41,44-45,48H,5,8-11,16-17,22-23H2,1-2H3,(H,42,46);1H/t25?,26?,31-;/m1./s1. The first-order valence-electron chi connectivity index (χ1n) is 17.5. The van der Waals surface area contributed by atoms with Crippen molar-refractivity contribution in [2.45, 2.75) is 62.5 Å². The highest BCUT2D eigenvalue weighted by molar-refractivity contribution is 7.12. The van der Waals surface area contributed by atoms with Crippen molar-refractivity contribution in [1.29, 1.82) is 0 Å². The summed E-state index contributed by atoms with van der Waals surface area (Å²) in [5, 5.41) is 40.5. The van der Waals surface area contributed by atoms with Crippen molar-refractivity contribution in [2.24, 2.45) is 0 Å². The molecule has 0 amide bonds. The third kappa shape index (κ3) is 9.25. The number of phenolic OH excluding ortho intramolecular Hbond substituents is 1. The summed E-state index contributed by atoms with van der Waals surface area (Å²) in [6.45, 7) is 1.84. The number of carbonyl (C=O) groups excluding carboxylic acids is 1. The maximum absolute atomic E-state index is 13.4. The fraction of sp³-hybridized carbons (Fsp3) is 0.385. The van der Waals surface area contributed by atoms with E-state index in [0.29, 0.717) is 56.4 Å². The predicted octanol–water partition coefficient (Wildman–Crippen LogP) is 6.49. The highest BCUT2D eigenvalue weighted by atomic mass is 35.5. The van der Waals surface area contributed by atoms with E-state index in [4.69, 9.17) is 25.8 Å². The average Bonchev–Trinajstić information content (AvgIpc) is 3.91. The number of benzene rings is 2. The molecule has 54 heavy (non-hydrogen) atoms. The summed E-state index contributed by atoms with van der Waals surface area (Å²) < 4.78 is 17.6. The highest BCUT2D eigenvalue weighted by Gasteiger charge is 2.45. The number of nitrogens with one attached hydrogen (secondary N) is 2. The molecular weight excluding hydrogens is 757 g/mol. The second-order valence-electron chi connectivity index (χ2n) is 13.2. The molecule has 11 nitrogen and oxygen atoms in total. The maximum atomic E-state index is 13.4. The number of aliphatic hydroxyl groups is 2. The molecule has 1 aliphatic rings. The van der Waals surface area contributed by atoms with Crippen LogP contribution in [-0.4, -0.2) is 77.2 Å². The number of pyridine rings is 1. The Labute approximate surface area is 325 Å². The summed E-state index contributed by atoms with van der Waals surface area (Å²) in [6, 6.07) is 17.1. The van der Waals surface area contributed by atoms with Crippen LogP contribution >= 0.6 is 34.3 Å². The van der Waals surface area contributed by atoms with E-state index in [1.165, 1.54) is 34.8 Å². The first-order chi connectivity index (χ1) is 25.6. The number of ether oxygens (including phenoxy) is 3. The van der Waals surface area contributed by atoms with E-state index in [-0.39, 0.29) is 34.2 Å². The number of methoxy groups -OCH3 is 1. The molecule has 1 saturated carbocycles. The van der Waals surface area contributed by atoms with Crippen molar-refractivity contribution in [3.63, 3.8) is 0 Å². The van der Waals surface area contributed by atoms with Crippen LogP contribution in [0.5, 0.6) is 17.2 Å². The number of carbonyl (C=O) groups is 1. The van der Waals surface area contributed by atoms with Crippen molar-refractivity contribution >= 4 is 51.1 Å². The Morgan fingerprint density at radius 1 is 1.06 bits per heavy atom. The lowest BCUT2D eigenvalue weighted by Gasteiger charge is -2.35. The van der Waals surface area contributed by atoms with Crippen LogP contribution in [-0.2, 0) is 21.7 Å². The largest absolute Gasteiger partial charge is 0.506 e. The molecule has 5 aromatic rings. The zero-order valence-electron chi connectivity index (χ0n) is 30.0. The van der Waals surface area contributed by atoms with Crippen LogP contribution < -0.4 is 20.3 Å². The third-order valence-corrected chi connectivity index (χ3v) is 12.0. The molecule has 0 bridgehead atoms. The third-order valence-electron chi connectivity index (χ3n) is 9.76. The van der Waals surface area contributed by atoms with Crippen LogP contribution in [0.3, 0.4) is 0 Å². The van der Waals surface area contributed by atoms with Crippen LogP contribution in [0, 0.1) is 0 Å². The number of aromatic hydroxyl groups is 1. The normalized spacial score (nSPS) is 16.6. The Balaban J connectivity index is 0.00000561. The summed E-state index contributed by atoms with van der Waals surface area (Å²) in [7, 11) is 3.68. The number of aromatic nitrogens is 1. The summed E-state index contributed by atoms with van der Waals surface area (Å²) in [5.74, 6) is 0.435. The highest BCUT2D eigenvalue weighted by Crippen LogP contribution is 2.38. The molecule has 3 aromatic heterocycles. The smallest absolute Gasteiger partial charge is 0.349 e. The molecule has 0 radical (unpaired) electrons. The topological polar surface area (TPSA) is 154 Å². The minimum Gasteiger partial charge on any atom is -0.506 e. The summed E-state index contributed by atoms with van der Waals surface area (Å²) in [4.78, 5) is 31.1. The molecule has 290 valence electrons. The maximum Gasteiger partial charge on any atom is 0.349 e. The predicted molar refractivity (Wildman–Crippen MR) is 210 cm³/mol. The van der Waals surface area contributed by atoms with Gasteiger partial charge in [0.05, 0.1) is 40.1 Å². The van der Waals surface area contributed by atoms with Gasteiger partial charge in [-0.15, -0.1) is 22.7 Å². The number of nitrogens with zero attached hydrogens (tertiary/aromatic N) is 1. The molecule has 3 heterocycles. The van der Waals surface area contributed by atoms with Gasteiger partial charge < -0.3 is 44.7 Å². The molecule has 1 fully saturated rings. The van der Waals surface area contributed by atoms with Crippen molar-refractivity contribution in [3.05, 3.63) is 108 Å². The number of aliphatic hydroxyl groups excluding tert-OH is 1. The van der Waals surface area contributed by atoms with Crippen molar-refractivity contribution in [1.82, 2.24) is 15.2 Å². The Bertz CT molecular complexity index is 2000. The molecule has 0 aliphatic heterocycles. The van der Waals surface area contributed by atoms with Gasteiger partial charge in [-0.1, -0.05) is 29.8 Å². The fourth-order valence-electron chi connectivity index (χ4n) is 6.83. The Kier molecular flexibility index (Phi) is 14.1. The van der Waals surface area contributed by atoms with E-state index < -0.39 is 17.7 Å². The van der Waals surface area contributed by atoms with Crippen LogP contribution in [0.15, 0.2) is 76.2 Å². The SMILES string of the molecule is COc1cc(OCCCN(C)C2CCC(OC(=O)C(O)(c3cccs3)c3cccs3)CC2)c(Cl)cc1CNC[C@@H](O)c1ccc(O)c2[nH]c(=O)ccc12.F. The van der Waals surface area contributed by atoms with Gasteiger partial charge in [0.2, 0.25) is 11.2 Å². The summed E-state index contributed by atoms with van der Waals surface area (Å²) >= 11 is 9.30. The zero-order chi connectivity index (χ0) is 37.5. The summed E-state index contributed by atoms with van der Waals surface area (Å²) in [6.07, 6.45) is 2.86. The van der Waals surface area contributed by atoms with Gasteiger partial charge in [-0.3, -0.25) is 9.50 Å². The molecule has 5 N–H and O–H groups in total. The number of aromatic amines is 1. The van der Waals surface area contributed by atoms with Crippen LogP contribution in [0.1, 0.15) is 59.1 Å². The number of esters is 1. The lowest BCUT2D eigenvalue weighted by molar-refractivity contribution is -0.169. The lowest BCUT2D eigenvalue weighted by atomic mass is 9.91. The van der Waals surface area contributed by atoms with Crippen molar-refractivity contribution < 1.29 is 39.0 Å². The van der Waals surface area contributed by atoms with E-state index >= 15 is 0 Å². The van der Waals surface area contributed by atoms with E-state index in [2.05, 4.69) is 22.2 Å². The van der Waals surface area contributed by atoms with E-state index in [0.717, 1.165) is 44.2 Å². The quantitative estimate of drug-likeness (QED) is 0.0554. The second kappa shape index (κ2) is 18.5. The number of H-pyrrole nitrogens is 1. The molecule has 0 spiro atoms. The van der Waals surface area contributed by atoms with E-state index in [1.54, 1.807) is 43.5 Å². The number of hydrogen-bond acceptors (Lipinski definition) is 12. The van der Waals surface area contributed by atoms with Gasteiger partial charge in [0.1, 0.15) is 23.4 Å². The monoisotopic (exact) mass is 801 g/mol. The first kappa shape index (κ1) is 41.1. The molecule has 0 saturated heterocycles. The number of hydrogen-bond donors (Lipinski definition) is 5. The van der Waals surface area contributed by atoms with Crippen molar-refractivity contribution in [2.75, 3.05) is 33.9 Å². The zero-order valence-corrected chi connectivity index (χ0v) is 32.3. The number of halogens is 2. The van der Waals surface area contributed by atoms with Crippen molar-refractivity contribution in [3.8, 4) is 17.2 Å². The van der Waals surface area contributed by atoms with E-state index in [9.17, 15) is 24.9 Å². The molecule has 1 atom stereocenters. The van der Waals surface area contributed by atoms with Gasteiger partial charge in [0, 0.05) is 48.8 Å². The fourth-order valence-corrected chi connectivity index (χ4v) is 8.78. The summed E-state index contributed by atoms with van der Waals surface area (Å²) in [5.41, 5.74) is -0.486. The second-order valence-corrected chi connectivity index (χ2v) is 15.5. The average molecular weight is 802 g/mol. The van der Waals surface area contributed by atoms with Gasteiger partial charge in [0.25, 0.3) is 0 Å². The molecular formula is C39H45ClFN3O8S2. The Morgan fingerprint density at radius 2 is 1.76 bits per heavy atom. The Morgan fingerprint density at radius 3 is 2.41 bits per heavy atom. The van der Waals surface area contributed by atoms with Gasteiger partial charge in [0.15, 0.2) is 0 Å². The van der Waals surface area contributed by atoms with Gasteiger partial charge in [-0.25, -0.2) is 4.79 Å². The van der Waals surface area contributed by atoms with Crippen LogP contribution in [0.2, 0.25) is 5.02 Å². The molecule has 6 rings (SSSR count). The minimum atomic E-state index is -1.79. The van der Waals surface area contributed by atoms with Gasteiger partial charge in [-0.2, -0.15) is 0 Å². The Hall–Kier alpha value is -4.02. The van der Waals surface area contributed by atoms with Gasteiger partial charge in [-0.05, 0) is 85.8 Å². The minimum absolute atomic E-state index is 0. The molecule has 15 heteroatoms. The van der Waals surface area contributed by atoms with Gasteiger partial charge >= 0.3 is 5.97 Å². The molecule has 1 aliphatic carbocycles. The van der Waals surface area contributed by atoms with Crippen LogP contribution in [0.4, 0.5) is 4.70 Å². The number of thiophene rings is 2. The molecule has 0 unspecified atom stereocenters.